The summed E-state index contributed by atoms with van der Waals surface area (Å²) >= 11 is 5.32. The lowest BCUT2D eigenvalue weighted by Gasteiger charge is -2.04. The van der Waals surface area contributed by atoms with Gasteiger partial charge in [0.1, 0.15) is 11.8 Å². The van der Waals surface area contributed by atoms with Crippen LogP contribution in [-0.2, 0) is 11.3 Å². The summed E-state index contributed by atoms with van der Waals surface area (Å²) in [6.07, 6.45) is 4.69. The number of unbranched alkanes of at least 4 members (excludes halogenated alkanes) is 2. The Morgan fingerprint density at radius 1 is 1.26 bits per heavy atom. The van der Waals surface area contributed by atoms with E-state index >= 15 is 0 Å². The fraction of sp³-hybridized carbons (Fsp3) is 0.583. The van der Waals surface area contributed by atoms with Crippen molar-refractivity contribution < 1.29 is 9.47 Å². The summed E-state index contributed by atoms with van der Waals surface area (Å²) in [6, 6.07) is 0. The monoisotopic (exact) mass is 282 g/mol. The second-order valence-corrected chi connectivity index (χ2v) is 4.60. The molecule has 104 valence electrons. The molecular formula is C12H18N4O2S. The number of hydrogen-bond acceptors (Lipinski definition) is 5. The number of methoxy groups -OCH3 is 2. The Labute approximate surface area is 116 Å². The van der Waals surface area contributed by atoms with Gasteiger partial charge in [-0.05, 0) is 31.5 Å². The van der Waals surface area contributed by atoms with Crippen LogP contribution in [0.2, 0.25) is 0 Å². The fourth-order valence-electron chi connectivity index (χ4n) is 2.00. The van der Waals surface area contributed by atoms with Crippen LogP contribution in [0.5, 0.6) is 5.88 Å². The molecule has 0 bridgehead atoms. The van der Waals surface area contributed by atoms with Gasteiger partial charge >= 0.3 is 0 Å². The number of aromatic nitrogens is 4. The number of H-pyrrole nitrogens is 1. The first-order valence-electron chi connectivity index (χ1n) is 6.24. The minimum atomic E-state index is 0.522. The van der Waals surface area contributed by atoms with Gasteiger partial charge in [0, 0.05) is 20.3 Å². The molecule has 0 aliphatic heterocycles. The van der Waals surface area contributed by atoms with Gasteiger partial charge in [0.05, 0.1) is 7.11 Å². The highest BCUT2D eigenvalue weighted by Crippen LogP contribution is 2.20. The molecule has 0 unspecified atom stereocenters. The van der Waals surface area contributed by atoms with Crippen molar-refractivity contribution in [2.45, 2.75) is 25.8 Å². The van der Waals surface area contributed by atoms with E-state index in [0.717, 1.165) is 43.6 Å². The highest BCUT2D eigenvalue weighted by atomic mass is 32.1. The van der Waals surface area contributed by atoms with Crippen molar-refractivity contribution in [1.29, 1.82) is 0 Å². The molecule has 0 aliphatic rings. The number of ether oxygens (including phenoxy) is 2. The molecule has 2 rings (SSSR count). The lowest BCUT2D eigenvalue weighted by Crippen LogP contribution is -2.00. The molecule has 2 heterocycles. The summed E-state index contributed by atoms with van der Waals surface area (Å²) in [6.45, 7) is 1.64. The molecule has 0 amide bonds. The molecule has 0 saturated heterocycles. The molecule has 0 aromatic carbocycles. The highest BCUT2D eigenvalue weighted by molar-refractivity contribution is 7.71. The maximum atomic E-state index is 5.32. The van der Waals surface area contributed by atoms with Gasteiger partial charge in [0.2, 0.25) is 5.88 Å². The predicted molar refractivity (Wildman–Crippen MR) is 75.0 cm³/mol. The SMILES string of the molecule is COCCCCCn1c(=S)[nH]c2c(OC)ncnc21. The lowest BCUT2D eigenvalue weighted by atomic mass is 10.2. The third-order valence-corrected chi connectivity index (χ3v) is 3.27. The zero-order valence-corrected chi connectivity index (χ0v) is 12.0. The summed E-state index contributed by atoms with van der Waals surface area (Å²) in [5.41, 5.74) is 1.55. The van der Waals surface area contributed by atoms with E-state index in [0.29, 0.717) is 10.7 Å². The van der Waals surface area contributed by atoms with E-state index in [4.69, 9.17) is 21.7 Å². The molecule has 0 aliphatic carbocycles. The Bertz CT molecular complexity index is 593. The molecule has 19 heavy (non-hydrogen) atoms. The van der Waals surface area contributed by atoms with Crippen LogP contribution in [0.3, 0.4) is 0 Å². The van der Waals surface area contributed by atoms with Crippen molar-refractivity contribution in [2.24, 2.45) is 0 Å². The Morgan fingerprint density at radius 3 is 2.84 bits per heavy atom. The third kappa shape index (κ3) is 3.10. The van der Waals surface area contributed by atoms with Crippen LogP contribution in [0.4, 0.5) is 0 Å². The normalized spacial score (nSPS) is 11.1. The van der Waals surface area contributed by atoms with E-state index in [1.165, 1.54) is 6.33 Å². The van der Waals surface area contributed by atoms with Gasteiger partial charge in [-0.2, -0.15) is 4.98 Å². The predicted octanol–water partition coefficient (Wildman–Crippen LogP) is 2.31. The topological polar surface area (TPSA) is 65.0 Å². The van der Waals surface area contributed by atoms with Gasteiger partial charge in [-0.15, -0.1) is 0 Å². The van der Waals surface area contributed by atoms with Crippen LogP contribution in [0.1, 0.15) is 19.3 Å². The molecule has 0 saturated carbocycles. The quantitative estimate of drug-likeness (QED) is 0.623. The van der Waals surface area contributed by atoms with Crippen LogP contribution in [-0.4, -0.2) is 40.3 Å². The Hall–Kier alpha value is -1.47. The number of imidazole rings is 1. The summed E-state index contributed by atoms with van der Waals surface area (Å²) in [5, 5.41) is 0. The van der Waals surface area contributed by atoms with E-state index in [-0.39, 0.29) is 0 Å². The van der Waals surface area contributed by atoms with E-state index < -0.39 is 0 Å². The summed E-state index contributed by atoms with van der Waals surface area (Å²) in [7, 11) is 3.31. The zero-order valence-electron chi connectivity index (χ0n) is 11.2. The van der Waals surface area contributed by atoms with E-state index in [1.807, 2.05) is 4.57 Å². The first-order valence-corrected chi connectivity index (χ1v) is 6.65. The number of hydrogen-bond donors (Lipinski definition) is 1. The number of nitrogens with zero attached hydrogens (tertiary/aromatic N) is 3. The molecule has 0 radical (unpaired) electrons. The van der Waals surface area contributed by atoms with Crippen LogP contribution in [0.25, 0.3) is 11.2 Å². The smallest absolute Gasteiger partial charge is 0.242 e. The largest absolute Gasteiger partial charge is 0.479 e. The van der Waals surface area contributed by atoms with Gasteiger partial charge in [0.25, 0.3) is 0 Å². The standard InChI is InChI=1S/C12H18N4O2S/c1-17-7-5-3-4-6-16-10-9(15-12(16)19)11(18-2)14-8-13-10/h8H,3-7H2,1-2H3,(H,15,19). The van der Waals surface area contributed by atoms with Crippen molar-refractivity contribution >= 4 is 23.4 Å². The van der Waals surface area contributed by atoms with Crippen LogP contribution in [0, 0.1) is 4.77 Å². The molecular weight excluding hydrogens is 264 g/mol. The van der Waals surface area contributed by atoms with Gasteiger partial charge in [0.15, 0.2) is 10.4 Å². The number of rotatable bonds is 7. The Morgan fingerprint density at radius 2 is 2.11 bits per heavy atom. The van der Waals surface area contributed by atoms with Crippen molar-refractivity contribution in [3.63, 3.8) is 0 Å². The minimum absolute atomic E-state index is 0.522. The first kappa shape index (κ1) is 14.0. The van der Waals surface area contributed by atoms with E-state index in [1.54, 1.807) is 14.2 Å². The highest BCUT2D eigenvalue weighted by Gasteiger charge is 2.10. The average molecular weight is 282 g/mol. The summed E-state index contributed by atoms with van der Waals surface area (Å²) in [5.74, 6) is 0.522. The van der Waals surface area contributed by atoms with Crippen molar-refractivity contribution in [3.8, 4) is 5.88 Å². The maximum Gasteiger partial charge on any atom is 0.242 e. The van der Waals surface area contributed by atoms with Crippen LogP contribution >= 0.6 is 12.2 Å². The summed E-state index contributed by atoms with van der Waals surface area (Å²) < 4.78 is 12.9. The average Bonchev–Trinajstić information content (AvgIpc) is 2.74. The first-order chi connectivity index (χ1) is 9.27. The Balaban J connectivity index is 2.14. The van der Waals surface area contributed by atoms with Gasteiger partial charge < -0.3 is 19.0 Å². The molecule has 7 heteroatoms. The number of aromatic amines is 1. The maximum absolute atomic E-state index is 5.32. The minimum Gasteiger partial charge on any atom is -0.479 e. The molecule has 1 N–H and O–H groups in total. The zero-order chi connectivity index (χ0) is 13.7. The molecule has 6 nitrogen and oxygen atoms in total. The van der Waals surface area contributed by atoms with Crippen molar-refractivity contribution in [1.82, 2.24) is 19.5 Å². The van der Waals surface area contributed by atoms with Crippen molar-refractivity contribution in [3.05, 3.63) is 11.1 Å². The van der Waals surface area contributed by atoms with Crippen LogP contribution in [0.15, 0.2) is 6.33 Å². The molecule has 0 fully saturated rings. The van der Waals surface area contributed by atoms with Gasteiger partial charge in [-0.25, -0.2) is 4.98 Å². The molecule has 2 aromatic rings. The fourth-order valence-corrected chi connectivity index (χ4v) is 2.28. The third-order valence-electron chi connectivity index (χ3n) is 2.95. The number of aryl methyl sites for hydroxylation is 1. The van der Waals surface area contributed by atoms with Gasteiger partial charge in [-0.3, -0.25) is 0 Å². The second kappa shape index (κ2) is 6.63. The van der Waals surface area contributed by atoms with Crippen molar-refractivity contribution in [2.75, 3.05) is 20.8 Å². The van der Waals surface area contributed by atoms with E-state index in [2.05, 4.69) is 15.0 Å². The second-order valence-electron chi connectivity index (χ2n) is 4.22. The molecule has 0 atom stereocenters. The summed E-state index contributed by atoms with van der Waals surface area (Å²) in [4.78, 5) is 11.4. The number of fused-ring (bicyclic) bond motifs is 1. The van der Waals surface area contributed by atoms with Crippen LogP contribution < -0.4 is 4.74 Å². The van der Waals surface area contributed by atoms with Gasteiger partial charge in [-0.1, -0.05) is 0 Å². The lowest BCUT2D eigenvalue weighted by molar-refractivity contribution is 0.191. The Kier molecular flexibility index (Phi) is 4.86. The molecule has 0 spiro atoms. The molecule has 2 aromatic heterocycles. The van der Waals surface area contributed by atoms with E-state index in [9.17, 15) is 0 Å². The number of nitrogens with one attached hydrogen (secondary N) is 1.